The highest BCUT2D eigenvalue weighted by Crippen LogP contribution is 2.39. The summed E-state index contributed by atoms with van der Waals surface area (Å²) >= 11 is 5.10. The van der Waals surface area contributed by atoms with E-state index in [1.807, 2.05) is 61.8 Å². The Hall–Kier alpha value is -2.48. The average molecular weight is 455 g/mol. The van der Waals surface area contributed by atoms with Gasteiger partial charge in [-0.05, 0) is 46.7 Å². The SMILES string of the molecule is CNCC(NC(=O)c1cc(Br)c(-c2ccnc3[nH]ccc23)s1)c1ccccc1. The van der Waals surface area contributed by atoms with Gasteiger partial charge in [-0.1, -0.05) is 30.3 Å². The molecule has 0 saturated heterocycles. The number of H-pyrrole nitrogens is 1. The number of likely N-dealkylation sites (N-methyl/N-ethyl adjacent to an activating group) is 1. The number of nitrogens with one attached hydrogen (secondary N) is 3. The van der Waals surface area contributed by atoms with Gasteiger partial charge in [0.15, 0.2) is 0 Å². The number of rotatable bonds is 6. The highest BCUT2D eigenvalue weighted by atomic mass is 79.9. The molecule has 0 bridgehead atoms. The molecule has 0 aliphatic heterocycles. The molecule has 4 aromatic rings. The van der Waals surface area contributed by atoms with Gasteiger partial charge in [-0.15, -0.1) is 11.3 Å². The molecule has 1 atom stereocenters. The molecule has 3 aromatic heterocycles. The molecule has 3 N–H and O–H groups in total. The van der Waals surface area contributed by atoms with Crippen LogP contribution in [0.4, 0.5) is 0 Å². The summed E-state index contributed by atoms with van der Waals surface area (Å²) in [6.45, 7) is 0.656. The number of carbonyl (C=O) groups is 1. The number of pyridine rings is 1. The van der Waals surface area contributed by atoms with Gasteiger partial charge in [0, 0.05) is 34.4 Å². The van der Waals surface area contributed by atoms with Gasteiger partial charge in [-0.25, -0.2) is 4.98 Å². The summed E-state index contributed by atoms with van der Waals surface area (Å²) in [5.74, 6) is -0.0829. The normalized spacial score (nSPS) is 12.2. The molecule has 0 aliphatic carbocycles. The summed E-state index contributed by atoms with van der Waals surface area (Å²) in [5, 5.41) is 7.33. The van der Waals surface area contributed by atoms with Crippen molar-refractivity contribution in [2.45, 2.75) is 6.04 Å². The maximum atomic E-state index is 12.9. The number of nitrogens with zero attached hydrogens (tertiary/aromatic N) is 1. The molecule has 0 fully saturated rings. The number of hydrogen-bond donors (Lipinski definition) is 3. The summed E-state index contributed by atoms with van der Waals surface area (Å²) in [5.41, 5.74) is 2.96. The smallest absolute Gasteiger partial charge is 0.261 e. The van der Waals surface area contributed by atoms with Crippen molar-refractivity contribution < 1.29 is 4.79 Å². The number of thiophene rings is 1. The second-order valence-electron chi connectivity index (χ2n) is 6.38. The van der Waals surface area contributed by atoms with E-state index in [1.54, 1.807) is 6.20 Å². The Morgan fingerprint density at radius 3 is 2.86 bits per heavy atom. The van der Waals surface area contributed by atoms with Crippen molar-refractivity contribution in [2.75, 3.05) is 13.6 Å². The largest absolute Gasteiger partial charge is 0.346 e. The van der Waals surface area contributed by atoms with Crippen LogP contribution in [0, 0.1) is 0 Å². The fourth-order valence-electron chi connectivity index (χ4n) is 3.19. The van der Waals surface area contributed by atoms with Crippen LogP contribution in [-0.4, -0.2) is 29.5 Å². The minimum Gasteiger partial charge on any atom is -0.346 e. The van der Waals surface area contributed by atoms with Crippen LogP contribution in [0.5, 0.6) is 0 Å². The third-order valence-corrected chi connectivity index (χ3v) is 6.59. The van der Waals surface area contributed by atoms with Gasteiger partial charge in [0.25, 0.3) is 5.91 Å². The molecule has 0 aliphatic rings. The summed E-state index contributed by atoms with van der Waals surface area (Å²) < 4.78 is 0.904. The first kappa shape index (κ1) is 18.9. The number of aromatic nitrogens is 2. The molecule has 0 saturated carbocycles. The van der Waals surface area contributed by atoms with Crippen LogP contribution >= 0.6 is 27.3 Å². The van der Waals surface area contributed by atoms with Crippen molar-refractivity contribution in [3.05, 3.63) is 75.8 Å². The van der Waals surface area contributed by atoms with E-state index in [2.05, 4.69) is 36.5 Å². The monoisotopic (exact) mass is 454 g/mol. The van der Waals surface area contributed by atoms with Crippen LogP contribution in [0.3, 0.4) is 0 Å². The Morgan fingerprint density at radius 2 is 2.07 bits per heavy atom. The molecule has 0 radical (unpaired) electrons. The molecular weight excluding hydrogens is 436 g/mol. The molecule has 28 heavy (non-hydrogen) atoms. The Labute approximate surface area is 175 Å². The van der Waals surface area contributed by atoms with Crippen molar-refractivity contribution >= 4 is 44.2 Å². The number of benzene rings is 1. The fourth-order valence-corrected chi connectivity index (χ4v) is 5.02. The highest BCUT2D eigenvalue weighted by molar-refractivity contribution is 9.10. The summed E-state index contributed by atoms with van der Waals surface area (Å²) in [6.07, 6.45) is 3.65. The average Bonchev–Trinajstić information content (AvgIpc) is 3.34. The van der Waals surface area contributed by atoms with E-state index in [0.29, 0.717) is 11.4 Å². The van der Waals surface area contributed by atoms with Crippen molar-refractivity contribution in [3.63, 3.8) is 0 Å². The summed E-state index contributed by atoms with van der Waals surface area (Å²) in [4.78, 5) is 22.1. The first-order valence-electron chi connectivity index (χ1n) is 8.89. The third-order valence-electron chi connectivity index (χ3n) is 4.53. The fraction of sp³-hybridized carbons (Fsp3) is 0.143. The van der Waals surface area contributed by atoms with Crippen LogP contribution in [0.2, 0.25) is 0 Å². The van der Waals surface area contributed by atoms with Crippen molar-refractivity contribution in [3.8, 4) is 10.4 Å². The molecule has 1 aromatic carbocycles. The number of aromatic amines is 1. The van der Waals surface area contributed by atoms with E-state index < -0.39 is 0 Å². The van der Waals surface area contributed by atoms with Gasteiger partial charge >= 0.3 is 0 Å². The predicted octanol–water partition coefficient (Wildman–Crippen LogP) is 4.74. The number of carbonyl (C=O) groups excluding carboxylic acids is 1. The zero-order valence-electron chi connectivity index (χ0n) is 15.2. The van der Waals surface area contributed by atoms with Crippen molar-refractivity contribution in [2.24, 2.45) is 0 Å². The zero-order chi connectivity index (χ0) is 19.5. The van der Waals surface area contributed by atoms with Gasteiger partial charge in [0.1, 0.15) is 5.65 Å². The van der Waals surface area contributed by atoms with Gasteiger partial charge in [-0.3, -0.25) is 4.79 Å². The molecule has 5 nitrogen and oxygen atoms in total. The number of hydrogen-bond acceptors (Lipinski definition) is 4. The summed E-state index contributed by atoms with van der Waals surface area (Å²) in [6, 6.07) is 15.8. The van der Waals surface area contributed by atoms with Crippen molar-refractivity contribution in [1.29, 1.82) is 0 Å². The Bertz CT molecular complexity index is 1110. The van der Waals surface area contributed by atoms with Gasteiger partial charge in [-0.2, -0.15) is 0 Å². The lowest BCUT2D eigenvalue weighted by Gasteiger charge is -2.18. The lowest BCUT2D eigenvalue weighted by molar-refractivity contribution is 0.0940. The van der Waals surface area contributed by atoms with Crippen LogP contribution in [0.25, 0.3) is 21.5 Å². The van der Waals surface area contributed by atoms with Gasteiger partial charge in [0.2, 0.25) is 0 Å². The van der Waals surface area contributed by atoms with E-state index >= 15 is 0 Å². The standard InChI is InChI=1S/C21H19BrN4OS/c1-23-12-17(13-5-3-2-4-6-13)26-21(27)18-11-16(22)19(28-18)14-7-9-24-20-15(14)8-10-25-20/h2-11,17,23H,12H2,1H3,(H,24,25)(H,26,27). The van der Waals surface area contributed by atoms with E-state index in [-0.39, 0.29) is 11.9 Å². The highest BCUT2D eigenvalue weighted by Gasteiger charge is 2.20. The number of halogens is 1. The third kappa shape index (κ3) is 3.73. The van der Waals surface area contributed by atoms with E-state index in [4.69, 9.17) is 0 Å². The minimum atomic E-state index is -0.0969. The molecular formula is C21H19BrN4OS. The Kier molecular flexibility index (Phi) is 5.57. The Morgan fingerprint density at radius 1 is 1.25 bits per heavy atom. The topological polar surface area (TPSA) is 69.8 Å². The van der Waals surface area contributed by atoms with Crippen molar-refractivity contribution in [1.82, 2.24) is 20.6 Å². The molecule has 7 heteroatoms. The lowest BCUT2D eigenvalue weighted by Crippen LogP contribution is -2.34. The van der Waals surface area contributed by atoms with Crippen LogP contribution in [0.15, 0.2) is 65.4 Å². The molecule has 1 unspecified atom stereocenters. The van der Waals surface area contributed by atoms with Gasteiger partial charge < -0.3 is 15.6 Å². The molecule has 1 amide bonds. The molecule has 142 valence electrons. The first-order chi connectivity index (χ1) is 13.7. The Balaban J connectivity index is 1.62. The van der Waals surface area contributed by atoms with Crippen LogP contribution in [-0.2, 0) is 0 Å². The quantitative estimate of drug-likeness (QED) is 0.393. The van der Waals surface area contributed by atoms with Gasteiger partial charge in [0.05, 0.1) is 15.8 Å². The number of amides is 1. The molecule has 0 spiro atoms. The first-order valence-corrected chi connectivity index (χ1v) is 10.5. The molecule has 3 heterocycles. The predicted molar refractivity (Wildman–Crippen MR) is 118 cm³/mol. The maximum absolute atomic E-state index is 12.9. The zero-order valence-corrected chi connectivity index (χ0v) is 17.6. The second-order valence-corrected chi connectivity index (χ2v) is 8.29. The molecule has 4 rings (SSSR count). The maximum Gasteiger partial charge on any atom is 0.261 e. The van der Waals surface area contributed by atoms with E-state index in [9.17, 15) is 4.79 Å². The number of fused-ring (bicyclic) bond motifs is 1. The van der Waals surface area contributed by atoms with E-state index in [1.165, 1.54) is 11.3 Å². The van der Waals surface area contributed by atoms with E-state index in [0.717, 1.165) is 31.5 Å². The minimum absolute atomic E-state index is 0.0829. The second kappa shape index (κ2) is 8.26. The van der Waals surface area contributed by atoms with Crippen LogP contribution < -0.4 is 10.6 Å². The summed E-state index contributed by atoms with van der Waals surface area (Å²) in [7, 11) is 1.88. The van der Waals surface area contributed by atoms with Crippen LogP contribution in [0.1, 0.15) is 21.3 Å². The lowest BCUT2D eigenvalue weighted by atomic mass is 10.1.